The number of aromatic amines is 1. The number of hydrogen-bond acceptors (Lipinski definition) is 3. The zero-order valence-electron chi connectivity index (χ0n) is 10.2. The van der Waals surface area contributed by atoms with Gasteiger partial charge in [0, 0.05) is 6.99 Å². The molecule has 0 radical (unpaired) electrons. The van der Waals surface area contributed by atoms with Crippen molar-refractivity contribution in [3.63, 3.8) is 0 Å². The Morgan fingerprint density at radius 1 is 1.12 bits per heavy atom. The van der Waals surface area contributed by atoms with Crippen LogP contribution in [0.2, 0.25) is 0 Å². The van der Waals surface area contributed by atoms with E-state index in [1.807, 2.05) is 26.0 Å². The van der Waals surface area contributed by atoms with Crippen LogP contribution in [0.5, 0.6) is 0 Å². The zero-order valence-corrected chi connectivity index (χ0v) is 10.2. The first kappa shape index (κ1) is 12.4. The standard InChI is InChI=1S/C10H12N4.C2H6.H2/c1-7(2)8-3-5-9(6-4-8)10-11-13-14-12-10;1-2;/h3-7H,1-2H3,(H,11,12,13,14);1-2H3;1H. The highest BCUT2D eigenvalue weighted by Gasteiger charge is 2.03. The van der Waals surface area contributed by atoms with Crippen LogP contribution in [0.15, 0.2) is 24.3 Å². The molecule has 1 aromatic carbocycles. The SMILES string of the molecule is CC.CC(C)c1ccc(-c2nn[nH]n2)cc1.[HH]. The minimum Gasteiger partial charge on any atom is -0.177 e. The molecule has 0 spiro atoms. The molecule has 0 saturated carbocycles. The van der Waals surface area contributed by atoms with Gasteiger partial charge in [0.15, 0.2) is 0 Å². The Labute approximate surface area is 97.6 Å². The van der Waals surface area contributed by atoms with Crippen molar-refractivity contribution in [1.29, 1.82) is 0 Å². The predicted molar refractivity (Wildman–Crippen MR) is 67.2 cm³/mol. The molecule has 1 N–H and O–H groups in total. The van der Waals surface area contributed by atoms with E-state index in [4.69, 9.17) is 0 Å². The highest BCUT2D eigenvalue weighted by Crippen LogP contribution is 2.18. The molecule has 2 aromatic rings. The lowest BCUT2D eigenvalue weighted by atomic mass is 10.0. The second kappa shape index (κ2) is 6.00. The molecule has 88 valence electrons. The molecule has 0 aliphatic heterocycles. The van der Waals surface area contributed by atoms with Crippen molar-refractivity contribution < 1.29 is 1.43 Å². The Morgan fingerprint density at radius 2 is 1.75 bits per heavy atom. The Bertz CT molecular complexity index is 395. The molecule has 0 unspecified atom stereocenters. The number of nitrogens with zero attached hydrogens (tertiary/aromatic N) is 3. The summed E-state index contributed by atoms with van der Waals surface area (Å²) < 4.78 is 0. The van der Waals surface area contributed by atoms with Crippen molar-refractivity contribution in [1.82, 2.24) is 20.6 Å². The lowest BCUT2D eigenvalue weighted by molar-refractivity contribution is 0.867. The molecule has 4 nitrogen and oxygen atoms in total. The van der Waals surface area contributed by atoms with Gasteiger partial charge in [-0.05, 0) is 16.7 Å². The molecule has 0 bridgehead atoms. The van der Waals surface area contributed by atoms with Gasteiger partial charge in [-0.25, -0.2) is 0 Å². The molecule has 0 amide bonds. The average Bonchev–Trinajstić information content (AvgIpc) is 2.85. The molecule has 2 rings (SSSR count). The van der Waals surface area contributed by atoms with Crippen LogP contribution in [0, 0.1) is 0 Å². The molecule has 1 heterocycles. The summed E-state index contributed by atoms with van der Waals surface area (Å²) in [5, 5.41) is 13.8. The van der Waals surface area contributed by atoms with E-state index in [2.05, 4.69) is 46.6 Å². The van der Waals surface area contributed by atoms with E-state index in [1.54, 1.807) is 0 Å². The van der Waals surface area contributed by atoms with E-state index >= 15 is 0 Å². The number of tetrazole rings is 1. The summed E-state index contributed by atoms with van der Waals surface area (Å²) in [4.78, 5) is 0. The van der Waals surface area contributed by atoms with E-state index in [-0.39, 0.29) is 1.43 Å². The van der Waals surface area contributed by atoms with Gasteiger partial charge in [0.2, 0.25) is 5.82 Å². The zero-order chi connectivity index (χ0) is 12.0. The van der Waals surface area contributed by atoms with Crippen LogP contribution in [0.1, 0.15) is 40.6 Å². The van der Waals surface area contributed by atoms with E-state index in [1.165, 1.54) is 5.56 Å². The smallest absolute Gasteiger partial charge is 0.177 e. The van der Waals surface area contributed by atoms with E-state index in [0.29, 0.717) is 11.7 Å². The van der Waals surface area contributed by atoms with Gasteiger partial charge in [-0.15, -0.1) is 10.2 Å². The summed E-state index contributed by atoms with van der Waals surface area (Å²) in [5.41, 5.74) is 2.31. The van der Waals surface area contributed by atoms with Gasteiger partial charge in [-0.2, -0.15) is 5.21 Å². The van der Waals surface area contributed by atoms with Crippen LogP contribution in [0.3, 0.4) is 0 Å². The Kier molecular flexibility index (Phi) is 4.64. The highest BCUT2D eigenvalue weighted by molar-refractivity contribution is 5.54. The number of aromatic nitrogens is 4. The summed E-state index contributed by atoms with van der Waals surface area (Å²) in [5.74, 6) is 1.19. The Hall–Kier alpha value is -1.71. The average molecular weight is 220 g/mol. The monoisotopic (exact) mass is 220 g/mol. The molecule has 0 atom stereocenters. The first-order valence-electron chi connectivity index (χ1n) is 5.61. The van der Waals surface area contributed by atoms with Crippen molar-refractivity contribution in [2.75, 3.05) is 0 Å². The van der Waals surface area contributed by atoms with Gasteiger partial charge in [0.1, 0.15) is 0 Å². The maximum absolute atomic E-state index is 3.91. The summed E-state index contributed by atoms with van der Waals surface area (Å²) in [6.07, 6.45) is 0. The second-order valence-electron chi connectivity index (χ2n) is 3.51. The van der Waals surface area contributed by atoms with Gasteiger partial charge in [0.05, 0.1) is 0 Å². The normalized spacial score (nSPS) is 9.81. The van der Waals surface area contributed by atoms with Gasteiger partial charge in [-0.1, -0.05) is 52.0 Å². The summed E-state index contributed by atoms with van der Waals surface area (Å²) >= 11 is 0. The highest BCUT2D eigenvalue weighted by atomic mass is 15.5. The third kappa shape index (κ3) is 2.89. The van der Waals surface area contributed by atoms with E-state index in [0.717, 1.165) is 5.56 Å². The molecule has 0 aliphatic rings. The van der Waals surface area contributed by atoms with Crippen LogP contribution >= 0.6 is 0 Å². The van der Waals surface area contributed by atoms with Crippen LogP contribution in [-0.2, 0) is 0 Å². The van der Waals surface area contributed by atoms with Gasteiger partial charge in [-0.3, -0.25) is 0 Å². The number of H-pyrrole nitrogens is 1. The minimum absolute atomic E-state index is 0. The minimum atomic E-state index is 0. The summed E-state index contributed by atoms with van der Waals surface area (Å²) in [6, 6.07) is 8.22. The summed E-state index contributed by atoms with van der Waals surface area (Å²) in [7, 11) is 0. The molecular formula is C12H20N4. The van der Waals surface area contributed by atoms with Crippen molar-refractivity contribution in [3.8, 4) is 11.4 Å². The topological polar surface area (TPSA) is 54.5 Å². The fourth-order valence-electron chi connectivity index (χ4n) is 1.30. The second-order valence-corrected chi connectivity index (χ2v) is 3.51. The molecule has 0 aliphatic carbocycles. The van der Waals surface area contributed by atoms with Crippen molar-refractivity contribution in [2.45, 2.75) is 33.6 Å². The van der Waals surface area contributed by atoms with Crippen LogP contribution in [-0.4, -0.2) is 20.6 Å². The number of rotatable bonds is 2. The Balaban J connectivity index is 0.000000811. The lowest BCUT2D eigenvalue weighted by Crippen LogP contribution is -1.87. The third-order valence-electron chi connectivity index (χ3n) is 2.18. The Morgan fingerprint density at radius 3 is 2.19 bits per heavy atom. The fourth-order valence-corrected chi connectivity index (χ4v) is 1.30. The maximum atomic E-state index is 3.91. The van der Waals surface area contributed by atoms with Gasteiger partial charge in [0.25, 0.3) is 0 Å². The molecule has 4 heteroatoms. The molecular weight excluding hydrogens is 200 g/mol. The van der Waals surface area contributed by atoms with E-state index < -0.39 is 0 Å². The fraction of sp³-hybridized carbons (Fsp3) is 0.417. The first-order valence-corrected chi connectivity index (χ1v) is 5.61. The largest absolute Gasteiger partial charge is 0.204 e. The number of nitrogens with one attached hydrogen (secondary N) is 1. The van der Waals surface area contributed by atoms with Crippen molar-refractivity contribution in [3.05, 3.63) is 29.8 Å². The van der Waals surface area contributed by atoms with Crippen molar-refractivity contribution in [2.24, 2.45) is 0 Å². The quantitative estimate of drug-likeness (QED) is 0.845. The first-order chi connectivity index (χ1) is 7.77. The third-order valence-corrected chi connectivity index (χ3v) is 2.18. The molecule has 0 fully saturated rings. The van der Waals surface area contributed by atoms with Crippen LogP contribution in [0.25, 0.3) is 11.4 Å². The molecule has 1 aromatic heterocycles. The molecule has 16 heavy (non-hydrogen) atoms. The number of benzene rings is 1. The lowest BCUT2D eigenvalue weighted by Gasteiger charge is -2.04. The van der Waals surface area contributed by atoms with Gasteiger partial charge < -0.3 is 0 Å². The predicted octanol–water partition coefficient (Wildman–Crippen LogP) is 3.26. The van der Waals surface area contributed by atoms with Gasteiger partial charge >= 0.3 is 0 Å². The number of hydrogen-bond donors (Lipinski definition) is 1. The maximum Gasteiger partial charge on any atom is 0.204 e. The van der Waals surface area contributed by atoms with E-state index in [9.17, 15) is 0 Å². The van der Waals surface area contributed by atoms with Crippen LogP contribution < -0.4 is 0 Å². The molecule has 0 saturated heterocycles. The van der Waals surface area contributed by atoms with Crippen molar-refractivity contribution >= 4 is 0 Å². The summed E-state index contributed by atoms with van der Waals surface area (Å²) in [6.45, 7) is 8.34. The van der Waals surface area contributed by atoms with Crippen LogP contribution in [0.4, 0.5) is 0 Å².